The molecule has 1 saturated heterocycles. The zero-order chi connectivity index (χ0) is 16.6. The first-order chi connectivity index (χ1) is 11.0. The summed E-state index contributed by atoms with van der Waals surface area (Å²) in [6.45, 7) is -0.499. The summed E-state index contributed by atoms with van der Waals surface area (Å²) in [4.78, 5) is 37.3. The number of allylic oxidation sites excluding steroid dienone is 2. The van der Waals surface area contributed by atoms with E-state index < -0.39 is 35.9 Å². The Hall–Kier alpha value is -2.57. The van der Waals surface area contributed by atoms with Crippen LogP contribution in [0.1, 0.15) is 12.8 Å². The number of hydrogen-bond donors (Lipinski definition) is 1. The van der Waals surface area contributed by atoms with Crippen molar-refractivity contribution in [2.75, 3.05) is 11.9 Å². The van der Waals surface area contributed by atoms with Crippen LogP contribution in [0, 0.1) is 23.5 Å². The second kappa shape index (κ2) is 5.91. The largest absolute Gasteiger partial charge is 0.322 e. The lowest BCUT2D eigenvalue weighted by molar-refractivity contribution is -0.142. The summed E-state index contributed by atoms with van der Waals surface area (Å²) in [5.74, 6) is -3.87. The molecule has 1 aromatic rings. The Labute approximate surface area is 131 Å². The van der Waals surface area contributed by atoms with Gasteiger partial charge in [0, 0.05) is 6.07 Å². The van der Waals surface area contributed by atoms with E-state index in [2.05, 4.69) is 5.32 Å². The molecule has 23 heavy (non-hydrogen) atoms. The highest BCUT2D eigenvalue weighted by atomic mass is 19.1. The number of carbonyl (C=O) groups excluding carboxylic acids is 3. The minimum Gasteiger partial charge on any atom is -0.322 e. The molecule has 0 radical (unpaired) electrons. The number of anilines is 1. The number of amides is 3. The van der Waals surface area contributed by atoms with Gasteiger partial charge in [0.25, 0.3) is 0 Å². The van der Waals surface area contributed by atoms with Gasteiger partial charge >= 0.3 is 0 Å². The monoisotopic (exact) mass is 320 g/mol. The average molecular weight is 320 g/mol. The Bertz CT molecular complexity index is 691. The fraction of sp³-hybridized carbons (Fsp3) is 0.312. The van der Waals surface area contributed by atoms with Gasteiger partial charge in [-0.05, 0) is 25.0 Å². The number of halogens is 2. The van der Waals surface area contributed by atoms with Gasteiger partial charge < -0.3 is 5.32 Å². The normalized spacial score (nSPS) is 23.1. The summed E-state index contributed by atoms with van der Waals surface area (Å²) in [5.41, 5.74) is -0.326. The summed E-state index contributed by atoms with van der Waals surface area (Å²) in [6.07, 6.45) is 4.65. The minimum atomic E-state index is -0.795. The van der Waals surface area contributed by atoms with E-state index in [4.69, 9.17) is 0 Å². The molecule has 3 rings (SSSR count). The van der Waals surface area contributed by atoms with Crippen molar-refractivity contribution in [1.82, 2.24) is 4.90 Å². The van der Waals surface area contributed by atoms with Gasteiger partial charge in [0.15, 0.2) is 0 Å². The van der Waals surface area contributed by atoms with E-state index in [9.17, 15) is 23.2 Å². The number of fused-ring (bicyclic) bond motifs is 1. The second-order valence-corrected chi connectivity index (χ2v) is 5.59. The van der Waals surface area contributed by atoms with Gasteiger partial charge in [-0.25, -0.2) is 8.78 Å². The topological polar surface area (TPSA) is 66.5 Å². The summed E-state index contributed by atoms with van der Waals surface area (Å²) >= 11 is 0. The quantitative estimate of drug-likeness (QED) is 0.683. The molecule has 120 valence electrons. The fourth-order valence-corrected chi connectivity index (χ4v) is 2.95. The van der Waals surface area contributed by atoms with Crippen LogP contribution in [0.5, 0.6) is 0 Å². The highest BCUT2D eigenvalue weighted by Crippen LogP contribution is 2.34. The fourth-order valence-electron chi connectivity index (χ4n) is 2.95. The molecular formula is C16H14F2N2O3. The van der Waals surface area contributed by atoms with Crippen molar-refractivity contribution in [3.05, 3.63) is 42.0 Å². The van der Waals surface area contributed by atoms with Crippen LogP contribution in [0.3, 0.4) is 0 Å². The SMILES string of the molecule is O=C(CN1C(=O)C2CC=CCC2C1=O)Nc1cc(F)ccc1F. The van der Waals surface area contributed by atoms with E-state index in [1.165, 1.54) is 0 Å². The molecule has 2 atom stereocenters. The minimum absolute atomic E-state index is 0.326. The molecule has 2 aliphatic rings. The first-order valence-corrected chi connectivity index (χ1v) is 7.22. The van der Waals surface area contributed by atoms with Crippen LogP contribution >= 0.6 is 0 Å². The molecule has 3 amide bonds. The Morgan fingerprint density at radius 3 is 2.35 bits per heavy atom. The molecule has 0 bridgehead atoms. The third kappa shape index (κ3) is 2.86. The zero-order valence-corrected chi connectivity index (χ0v) is 12.1. The lowest BCUT2D eigenvalue weighted by Crippen LogP contribution is -2.38. The Morgan fingerprint density at radius 2 is 1.74 bits per heavy atom. The molecule has 1 aliphatic carbocycles. The number of likely N-dealkylation sites (tertiary alicyclic amines) is 1. The van der Waals surface area contributed by atoms with Gasteiger partial charge in [-0.1, -0.05) is 12.2 Å². The van der Waals surface area contributed by atoms with Gasteiger partial charge in [0.2, 0.25) is 17.7 Å². The van der Waals surface area contributed by atoms with Crippen LogP contribution in [0.25, 0.3) is 0 Å². The van der Waals surface area contributed by atoms with Crippen molar-refractivity contribution in [3.8, 4) is 0 Å². The standard InChI is InChI=1S/C16H14F2N2O3/c17-9-5-6-12(18)13(7-9)19-14(21)8-20-15(22)10-3-1-2-4-11(10)16(20)23/h1-2,5-7,10-11H,3-4,8H2,(H,19,21). The predicted octanol–water partition coefficient (Wildman–Crippen LogP) is 1.85. The Balaban J connectivity index is 1.70. The summed E-state index contributed by atoms with van der Waals surface area (Å²) in [5, 5.41) is 2.18. The van der Waals surface area contributed by atoms with Crippen LogP contribution in [0.4, 0.5) is 14.5 Å². The van der Waals surface area contributed by atoms with Crippen molar-refractivity contribution in [1.29, 1.82) is 0 Å². The van der Waals surface area contributed by atoms with Crippen molar-refractivity contribution in [2.24, 2.45) is 11.8 Å². The predicted molar refractivity (Wildman–Crippen MR) is 77.1 cm³/mol. The highest BCUT2D eigenvalue weighted by Gasteiger charge is 2.47. The number of hydrogen-bond acceptors (Lipinski definition) is 3. The lowest BCUT2D eigenvalue weighted by atomic mass is 9.85. The Morgan fingerprint density at radius 1 is 1.13 bits per heavy atom. The van der Waals surface area contributed by atoms with E-state index in [0.29, 0.717) is 12.8 Å². The van der Waals surface area contributed by atoms with Crippen LogP contribution in [-0.4, -0.2) is 29.2 Å². The molecule has 0 saturated carbocycles. The molecule has 7 heteroatoms. The molecule has 5 nitrogen and oxygen atoms in total. The highest BCUT2D eigenvalue weighted by molar-refractivity contribution is 6.08. The van der Waals surface area contributed by atoms with E-state index in [-0.39, 0.29) is 17.5 Å². The summed E-state index contributed by atoms with van der Waals surface area (Å²) < 4.78 is 26.6. The summed E-state index contributed by atoms with van der Waals surface area (Å²) in [6, 6.07) is 2.65. The molecule has 1 fully saturated rings. The van der Waals surface area contributed by atoms with E-state index >= 15 is 0 Å². The maximum absolute atomic E-state index is 13.5. The smallest absolute Gasteiger partial charge is 0.244 e. The van der Waals surface area contributed by atoms with Gasteiger partial charge in [-0.3, -0.25) is 19.3 Å². The molecule has 1 aromatic carbocycles. The summed E-state index contributed by atoms with van der Waals surface area (Å²) in [7, 11) is 0. The molecule has 1 N–H and O–H groups in total. The van der Waals surface area contributed by atoms with Crippen LogP contribution in [0.15, 0.2) is 30.4 Å². The third-order valence-corrected chi connectivity index (χ3v) is 4.10. The van der Waals surface area contributed by atoms with E-state index in [1.807, 2.05) is 12.2 Å². The van der Waals surface area contributed by atoms with Crippen LogP contribution < -0.4 is 5.32 Å². The van der Waals surface area contributed by atoms with Crippen molar-refractivity contribution >= 4 is 23.4 Å². The Kier molecular flexibility index (Phi) is 3.94. The molecule has 0 aromatic heterocycles. The van der Waals surface area contributed by atoms with Gasteiger partial charge in [-0.15, -0.1) is 0 Å². The molecular weight excluding hydrogens is 306 g/mol. The van der Waals surface area contributed by atoms with Crippen LogP contribution in [0.2, 0.25) is 0 Å². The number of imide groups is 1. The molecule has 2 unspecified atom stereocenters. The first-order valence-electron chi connectivity index (χ1n) is 7.22. The number of nitrogens with one attached hydrogen (secondary N) is 1. The lowest BCUT2D eigenvalue weighted by Gasteiger charge is -2.14. The van der Waals surface area contributed by atoms with Crippen molar-refractivity contribution in [3.63, 3.8) is 0 Å². The van der Waals surface area contributed by atoms with E-state index in [1.54, 1.807) is 0 Å². The first kappa shape index (κ1) is 15.3. The molecule has 1 heterocycles. The maximum Gasteiger partial charge on any atom is 0.244 e. The van der Waals surface area contributed by atoms with Crippen molar-refractivity contribution < 1.29 is 23.2 Å². The zero-order valence-electron chi connectivity index (χ0n) is 12.1. The number of nitrogens with zero attached hydrogens (tertiary/aromatic N) is 1. The number of carbonyl (C=O) groups is 3. The van der Waals surface area contributed by atoms with Crippen LogP contribution in [-0.2, 0) is 14.4 Å². The maximum atomic E-state index is 13.5. The number of benzene rings is 1. The molecule has 1 aliphatic heterocycles. The number of rotatable bonds is 3. The van der Waals surface area contributed by atoms with Gasteiger partial charge in [-0.2, -0.15) is 0 Å². The molecule has 0 spiro atoms. The van der Waals surface area contributed by atoms with Gasteiger partial charge in [0.05, 0.1) is 17.5 Å². The third-order valence-electron chi connectivity index (χ3n) is 4.10. The average Bonchev–Trinajstić information content (AvgIpc) is 2.76. The van der Waals surface area contributed by atoms with E-state index in [0.717, 1.165) is 23.1 Å². The van der Waals surface area contributed by atoms with Crippen molar-refractivity contribution in [2.45, 2.75) is 12.8 Å². The second-order valence-electron chi connectivity index (χ2n) is 5.59. The van der Waals surface area contributed by atoms with Gasteiger partial charge in [0.1, 0.15) is 18.2 Å².